The van der Waals surface area contributed by atoms with E-state index >= 15 is 0 Å². The first-order valence-electron chi connectivity index (χ1n) is 5.17. The van der Waals surface area contributed by atoms with Gasteiger partial charge in [0.15, 0.2) is 0 Å². The predicted molar refractivity (Wildman–Crippen MR) is 63.6 cm³/mol. The third kappa shape index (κ3) is 2.72. The van der Waals surface area contributed by atoms with Gasteiger partial charge < -0.3 is 14.8 Å². The second kappa shape index (κ2) is 4.82. The van der Waals surface area contributed by atoms with Gasteiger partial charge in [0.25, 0.3) is 0 Å². The molecule has 0 bridgehead atoms. The molecule has 0 unspecified atom stereocenters. The molecule has 0 saturated carbocycles. The SMILES string of the molecule is C[C@@H](O)CNCc1cn2cc(Cl)ccc2n1. The molecule has 0 fully saturated rings. The van der Waals surface area contributed by atoms with Gasteiger partial charge in [-0.3, -0.25) is 0 Å². The first-order valence-corrected chi connectivity index (χ1v) is 5.55. The maximum absolute atomic E-state index is 9.10. The Morgan fingerprint density at radius 3 is 3.06 bits per heavy atom. The Hall–Kier alpha value is -1.10. The summed E-state index contributed by atoms with van der Waals surface area (Å²) in [6.07, 6.45) is 3.41. The van der Waals surface area contributed by atoms with Crippen LogP contribution >= 0.6 is 11.6 Å². The lowest BCUT2D eigenvalue weighted by molar-refractivity contribution is 0.191. The maximum atomic E-state index is 9.10. The van der Waals surface area contributed by atoms with E-state index in [4.69, 9.17) is 16.7 Å². The molecule has 0 saturated heterocycles. The number of aliphatic hydroxyl groups excluding tert-OH is 1. The first kappa shape index (κ1) is 11.4. The normalized spacial score (nSPS) is 13.2. The maximum Gasteiger partial charge on any atom is 0.137 e. The van der Waals surface area contributed by atoms with Crippen LogP contribution in [-0.2, 0) is 6.54 Å². The van der Waals surface area contributed by atoms with E-state index in [1.807, 2.05) is 28.9 Å². The van der Waals surface area contributed by atoms with Crippen molar-refractivity contribution in [1.29, 1.82) is 0 Å². The van der Waals surface area contributed by atoms with E-state index < -0.39 is 0 Å². The van der Waals surface area contributed by atoms with Gasteiger partial charge in [-0.1, -0.05) is 11.6 Å². The molecule has 2 heterocycles. The van der Waals surface area contributed by atoms with Gasteiger partial charge in [0.2, 0.25) is 0 Å². The van der Waals surface area contributed by atoms with Gasteiger partial charge in [0.05, 0.1) is 16.8 Å². The quantitative estimate of drug-likeness (QED) is 0.849. The molecule has 1 atom stereocenters. The minimum atomic E-state index is -0.341. The number of hydrogen-bond acceptors (Lipinski definition) is 3. The summed E-state index contributed by atoms with van der Waals surface area (Å²) in [5, 5.41) is 12.9. The Balaban J connectivity index is 2.08. The fraction of sp³-hybridized carbons (Fsp3) is 0.364. The van der Waals surface area contributed by atoms with Gasteiger partial charge in [-0.25, -0.2) is 4.98 Å². The van der Waals surface area contributed by atoms with Crippen molar-refractivity contribution in [2.24, 2.45) is 0 Å². The largest absolute Gasteiger partial charge is 0.392 e. The second-order valence-electron chi connectivity index (χ2n) is 3.82. The minimum Gasteiger partial charge on any atom is -0.392 e. The molecule has 0 radical (unpaired) electrons. The predicted octanol–water partition coefficient (Wildman–Crippen LogP) is 1.46. The van der Waals surface area contributed by atoms with E-state index in [2.05, 4.69) is 10.3 Å². The highest BCUT2D eigenvalue weighted by molar-refractivity contribution is 6.30. The highest BCUT2D eigenvalue weighted by atomic mass is 35.5. The molecule has 2 aromatic rings. The number of halogens is 1. The molecule has 2 rings (SSSR count). The van der Waals surface area contributed by atoms with Crippen molar-refractivity contribution in [2.45, 2.75) is 19.6 Å². The Labute approximate surface area is 98.9 Å². The molecule has 0 aliphatic heterocycles. The zero-order chi connectivity index (χ0) is 11.5. The summed E-state index contributed by atoms with van der Waals surface area (Å²) in [5.74, 6) is 0. The van der Waals surface area contributed by atoms with Crippen molar-refractivity contribution < 1.29 is 5.11 Å². The number of nitrogens with one attached hydrogen (secondary N) is 1. The Bertz CT molecular complexity index is 481. The highest BCUT2D eigenvalue weighted by Gasteiger charge is 2.02. The molecule has 0 amide bonds. The van der Waals surface area contributed by atoms with Crippen LogP contribution in [0.25, 0.3) is 5.65 Å². The van der Waals surface area contributed by atoms with Gasteiger partial charge in [0, 0.05) is 25.5 Å². The summed E-state index contributed by atoms with van der Waals surface area (Å²) in [4.78, 5) is 4.41. The Morgan fingerprint density at radius 1 is 1.50 bits per heavy atom. The molecule has 0 aromatic carbocycles. The standard InChI is InChI=1S/C11H14ClN3O/c1-8(16)4-13-5-10-7-15-6-9(12)2-3-11(15)14-10/h2-3,6-8,13,16H,4-5H2,1H3/t8-/m1/s1. The van der Waals surface area contributed by atoms with Crippen LogP contribution in [0.3, 0.4) is 0 Å². The van der Waals surface area contributed by atoms with Crippen molar-refractivity contribution in [3.63, 3.8) is 0 Å². The average Bonchev–Trinajstić information content (AvgIpc) is 2.58. The third-order valence-corrected chi connectivity index (χ3v) is 2.43. The Kier molecular flexibility index (Phi) is 3.43. The van der Waals surface area contributed by atoms with Gasteiger partial charge in [-0.05, 0) is 19.1 Å². The van der Waals surface area contributed by atoms with Gasteiger partial charge in [0.1, 0.15) is 5.65 Å². The summed E-state index contributed by atoms with van der Waals surface area (Å²) in [7, 11) is 0. The van der Waals surface area contributed by atoms with Crippen LogP contribution in [0.5, 0.6) is 0 Å². The van der Waals surface area contributed by atoms with Gasteiger partial charge in [-0.15, -0.1) is 0 Å². The fourth-order valence-electron chi connectivity index (χ4n) is 1.51. The number of aliphatic hydroxyl groups is 1. The van der Waals surface area contributed by atoms with E-state index in [1.54, 1.807) is 6.92 Å². The molecule has 0 aliphatic carbocycles. The average molecular weight is 240 g/mol. The van der Waals surface area contributed by atoms with E-state index in [9.17, 15) is 0 Å². The van der Waals surface area contributed by atoms with Crippen molar-refractivity contribution in [1.82, 2.24) is 14.7 Å². The number of pyridine rings is 1. The smallest absolute Gasteiger partial charge is 0.137 e. The highest BCUT2D eigenvalue weighted by Crippen LogP contribution is 2.11. The molecule has 16 heavy (non-hydrogen) atoms. The van der Waals surface area contributed by atoms with Crippen LogP contribution in [0.4, 0.5) is 0 Å². The lowest BCUT2D eigenvalue weighted by Gasteiger charge is -2.03. The number of fused-ring (bicyclic) bond motifs is 1. The summed E-state index contributed by atoms with van der Waals surface area (Å²) in [6.45, 7) is 2.95. The number of imidazole rings is 1. The summed E-state index contributed by atoms with van der Waals surface area (Å²) < 4.78 is 1.89. The molecule has 2 aromatic heterocycles. The zero-order valence-electron chi connectivity index (χ0n) is 9.02. The summed E-state index contributed by atoms with van der Waals surface area (Å²) in [5.41, 5.74) is 1.81. The first-order chi connectivity index (χ1) is 7.65. The minimum absolute atomic E-state index is 0.341. The van der Waals surface area contributed by atoms with Crippen molar-refractivity contribution in [2.75, 3.05) is 6.54 Å². The van der Waals surface area contributed by atoms with Gasteiger partial charge in [-0.2, -0.15) is 0 Å². The number of aromatic nitrogens is 2. The van der Waals surface area contributed by atoms with Crippen molar-refractivity contribution in [3.8, 4) is 0 Å². The van der Waals surface area contributed by atoms with Crippen LogP contribution in [-0.4, -0.2) is 27.1 Å². The Morgan fingerprint density at radius 2 is 2.31 bits per heavy atom. The number of hydrogen-bond donors (Lipinski definition) is 2. The van der Waals surface area contributed by atoms with E-state index in [1.165, 1.54) is 0 Å². The lowest BCUT2D eigenvalue weighted by atomic mass is 10.4. The molecular formula is C11H14ClN3O. The van der Waals surface area contributed by atoms with E-state index in [-0.39, 0.29) is 6.10 Å². The second-order valence-corrected chi connectivity index (χ2v) is 4.26. The zero-order valence-corrected chi connectivity index (χ0v) is 9.78. The number of nitrogens with zero attached hydrogens (tertiary/aromatic N) is 2. The topological polar surface area (TPSA) is 49.6 Å². The van der Waals surface area contributed by atoms with Crippen molar-refractivity contribution >= 4 is 17.2 Å². The molecule has 4 nitrogen and oxygen atoms in total. The van der Waals surface area contributed by atoms with Crippen LogP contribution in [0.2, 0.25) is 5.02 Å². The lowest BCUT2D eigenvalue weighted by Crippen LogP contribution is -2.23. The van der Waals surface area contributed by atoms with Crippen LogP contribution in [0.15, 0.2) is 24.5 Å². The molecule has 5 heteroatoms. The number of rotatable bonds is 4. The summed E-state index contributed by atoms with van der Waals surface area (Å²) >= 11 is 5.88. The van der Waals surface area contributed by atoms with E-state index in [0.29, 0.717) is 18.1 Å². The molecule has 86 valence electrons. The monoisotopic (exact) mass is 239 g/mol. The molecule has 0 aliphatic rings. The van der Waals surface area contributed by atoms with Gasteiger partial charge >= 0.3 is 0 Å². The fourth-order valence-corrected chi connectivity index (χ4v) is 1.68. The molecule has 0 spiro atoms. The molecule has 2 N–H and O–H groups in total. The van der Waals surface area contributed by atoms with E-state index in [0.717, 1.165) is 11.3 Å². The third-order valence-electron chi connectivity index (χ3n) is 2.21. The van der Waals surface area contributed by atoms with Crippen LogP contribution in [0.1, 0.15) is 12.6 Å². The van der Waals surface area contributed by atoms with Crippen LogP contribution < -0.4 is 5.32 Å². The van der Waals surface area contributed by atoms with Crippen molar-refractivity contribution in [3.05, 3.63) is 35.2 Å². The van der Waals surface area contributed by atoms with Crippen LogP contribution in [0, 0.1) is 0 Å². The molecular weight excluding hydrogens is 226 g/mol. The summed E-state index contributed by atoms with van der Waals surface area (Å²) in [6, 6.07) is 3.69.